The van der Waals surface area contributed by atoms with Crippen molar-refractivity contribution in [3.05, 3.63) is 75.3 Å². The molecule has 6 nitrogen and oxygen atoms in total. The van der Waals surface area contributed by atoms with Gasteiger partial charge in [-0.15, -0.1) is 0 Å². The van der Waals surface area contributed by atoms with Gasteiger partial charge < -0.3 is 10.8 Å². The number of nitro benzene ring substituents is 1. The van der Waals surface area contributed by atoms with E-state index in [1.165, 1.54) is 12.1 Å². The Morgan fingerprint density at radius 3 is 2.50 bits per heavy atom. The van der Waals surface area contributed by atoms with Gasteiger partial charge in [-0.3, -0.25) is 10.1 Å². The van der Waals surface area contributed by atoms with E-state index in [1.54, 1.807) is 30.3 Å². The third-order valence-electron chi connectivity index (χ3n) is 4.54. The Balaban J connectivity index is 1.95. The highest BCUT2D eigenvalue weighted by Crippen LogP contribution is 2.31. The summed E-state index contributed by atoms with van der Waals surface area (Å²) in [6.07, 6.45) is 3.40. The van der Waals surface area contributed by atoms with Crippen LogP contribution in [0.5, 0.6) is 0 Å². The third kappa shape index (κ3) is 5.12. The van der Waals surface area contributed by atoms with Crippen molar-refractivity contribution in [3.8, 4) is 6.07 Å². The highest BCUT2D eigenvalue weighted by molar-refractivity contribution is 5.35. The SMILES string of the molecule is N#Cc1cccc(C(O)(CCN)CCCCc2ccc([N+](=O)[O-])cc2)c1. The highest BCUT2D eigenvalue weighted by atomic mass is 16.6. The smallest absolute Gasteiger partial charge is 0.269 e. The quantitative estimate of drug-likeness (QED) is 0.407. The van der Waals surface area contributed by atoms with Crippen LogP contribution in [0.4, 0.5) is 5.69 Å². The van der Waals surface area contributed by atoms with Crippen LogP contribution in [0.25, 0.3) is 0 Å². The summed E-state index contributed by atoms with van der Waals surface area (Å²) < 4.78 is 0. The molecule has 26 heavy (non-hydrogen) atoms. The topological polar surface area (TPSA) is 113 Å². The Bertz CT molecular complexity index is 784. The lowest BCUT2D eigenvalue weighted by molar-refractivity contribution is -0.384. The van der Waals surface area contributed by atoms with Gasteiger partial charge in [-0.25, -0.2) is 0 Å². The molecular weight excluding hydrogens is 330 g/mol. The predicted molar refractivity (Wildman–Crippen MR) is 99.4 cm³/mol. The molecule has 0 heterocycles. The van der Waals surface area contributed by atoms with E-state index in [0.29, 0.717) is 24.9 Å². The Morgan fingerprint density at radius 1 is 1.15 bits per heavy atom. The molecule has 6 heteroatoms. The zero-order valence-electron chi connectivity index (χ0n) is 14.6. The fraction of sp³-hybridized carbons (Fsp3) is 0.350. The summed E-state index contributed by atoms with van der Waals surface area (Å²) in [7, 11) is 0. The van der Waals surface area contributed by atoms with Crippen LogP contribution in [0.3, 0.4) is 0 Å². The number of hydrogen-bond acceptors (Lipinski definition) is 5. The fourth-order valence-electron chi connectivity index (χ4n) is 3.06. The summed E-state index contributed by atoms with van der Waals surface area (Å²) >= 11 is 0. The average molecular weight is 353 g/mol. The van der Waals surface area contributed by atoms with E-state index in [-0.39, 0.29) is 5.69 Å². The molecule has 0 bridgehead atoms. The number of rotatable bonds is 9. The number of nitrogens with two attached hydrogens (primary N) is 1. The molecule has 0 aromatic heterocycles. The summed E-state index contributed by atoms with van der Waals surface area (Å²) in [5.74, 6) is 0. The van der Waals surface area contributed by atoms with Gasteiger partial charge in [0.05, 0.1) is 22.2 Å². The minimum atomic E-state index is -1.04. The van der Waals surface area contributed by atoms with Crippen molar-refractivity contribution in [1.82, 2.24) is 0 Å². The number of aliphatic hydroxyl groups is 1. The van der Waals surface area contributed by atoms with Gasteiger partial charge in [0.15, 0.2) is 0 Å². The number of non-ortho nitro benzene ring substituents is 1. The molecule has 0 saturated heterocycles. The molecule has 2 aromatic carbocycles. The van der Waals surface area contributed by atoms with Crippen molar-refractivity contribution in [2.24, 2.45) is 5.73 Å². The fourth-order valence-corrected chi connectivity index (χ4v) is 3.06. The molecule has 0 spiro atoms. The van der Waals surface area contributed by atoms with Crippen LogP contribution in [-0.4, -0.2) is 16.6 Å². The molecular formula is C20H23N3O3. The van der Waals surface area contributed by atoms with Crippen LogP contribution in [0.2, 0.25) is 0 Å². The van der Waals surface area contributed by atoms with E-state index in [9.17, 15) is 15.2 Å². The van der Waals surface area contributed by atoms with Gasteiger partial charge in [0.1, 0.15) is 0 Å². The van der Waals surface area contributed by atoms with Gasteiger partial charge in [0.25, 0.3) is 5.69 Å². The molecule has 1 unspecified atom stereocenters. The molecule has 136 valence electrons. The maximum atomic E-state index is 11.0. The van der Waals surface area contributed by atoms with Crippen molar-refractivity contribution in [1.29, 1.82) is 5.26 Å². The van der Waals surface area contributed by atoms with Gasteiger partial charge >= 0.3 is 0 Å². The summed E-state index contributed by atoms with van der Waals surface area (Å²) in [5.41, 5.74) is 6.99. The standard InChI is InChI=1S/C20H23N3O3/c21-13-12-20(24,18-6-3-5-17(14-18)15-22)11-2-1-4-16-7-9-19(10-8-16)23(25)26/h3,5-10,14,24H,1-2,4,11-13,21H2. The van der Waals surface area contributed by atoms with Crippen LogP contribution in [0.1, 0.15) is 42.4 Å². The van der Waals surface area contributed by atoms with E-state index in [4.69, 9.17) is 11.0 Å². The monoisotopic (exact) mass is 353 g/mol. The molecule has 0 aliphatic heterocycles. The lowest BCUT2D eigenvalue weighted by Gasteiger charge is -2.28. The minimum Gasteiger partial charge on any atom is -0.385 e. The first-order valence-electron chi connectivity index (χ1n) is 8.65. The second-order valence-electron chi connectivity index (χ2n) is 6.39. The van der Waals surface area contributed by atoms with Crippen molar-refractivity contribution < 1.29 is 10.0 Å². The zero-order valence-corrected chi connectivity index (χ0v) is 14.6. The van der Waals surface area contributed by atoms with Gasteiger partial charge in [-0.1, -0.05) is 24.3 Å². The number of aryl methyl sites for hydroxylation is 1. The van der Waals surface area contributed by atoms with E-state index in [1.807, 2.05) is 6.07 Å². The second kappa shape index (κ2) is 9.09. The molecule has 0 aliphatic carbocycles. The number of unbranched alkanes of at least 4 members (excludes halogenated alkanes) is 1. The highest BCUT2D eigenvalue weighted by Gasteiger charge is 2.28. The largest absolute Gasteiger partial charge is 0.385 e. The van der Waals surface area contributed by atoms with Gasteiger partial charge in [-0.2, -0.15) is 5.26 Å². The molecule has 0 saturated carbocycles. The molecule has 0 radical (unpaired) electrons. The van der Waals surface area contributed by atoms with Crippen molar-refractivity contribution in [2.75, 3.05) is 6.54 Å². The molecule has 0 fully saturated rings. The van der Waals surface area contributed by atoms with Gasteiger partial charge in [0, 0.05) is 12.1 Å². The Morgan fingerprint density at radius 2 is 1.88 bits per heavy atom. The average Bonchev–Trinajstić information content (AvgIpc) is 2.66. The normalized spacial score (nSPS) is 13.0. The lowest BCUT2D eigenvalue weighted by Crippen LogP contribution is -2.29. The number of nitro groups is 1. The summed E-state index contributed by atoms with van der Waals surface area (Å²) in [6.45, 7) is 0.357. The van der Waals surface area contributed by atoms with Crippen LogP contribution < -0.4 is 5.73 Å². The maximum absolute atomic E-state index is 11.0. The Hall–Kier alpha value is -2.75. The first-order valence-corrected chi connectivity index (χ1v) is 8.65. The number of benzene rings is 2. The number of nitrogens with zero attached hydrogens (tertiary/aromatic N) is 2. The summed E-state index contributed by atoms with van der Waals surface area (Å²) in [6, 6.07) is 15.7. The van der Waals surface area contributed by atoms with Crippen LogP contribution in [-0.2, 0) is 12.0 Å². The van der Waals surface area contributed by atoms with Crippen LogP contribution >= 0.6 is 0 Å². The van der Waals surface area contributed by atoms with Crippen LogP contribution in [0.15, 0.2) is 48.5 Å². The predicted octanol–water partition coefficient (Wildman–Crippen LogP) is 3.42. The van der Waals surface area contributed by atoms with Crippen molar-refractivity contribution >= 4 is 5.69 Å². The summed E-state index contributed by atoms with van der Waals surface area (Å²) in [4.78, 5) is 10.3. The second-order valence-corrected chi connectivity index (χ2v) is 6.39. The molecule has 1 atom stereocenters. The summed E-state index contributed by atoms with van der Waals surface area (Å²) in [5, 5.41) is 30.8. The molecule has 0 amide bonds. The zero-order chi connectivity index (χ0) is 19.0. The van der Waals surface area contributed by atoms with E-state index >= 15 is 0 Å². The molecule has 2 rings (SSSR count). The van der Waals surface area contributed by atoms with Crippen molar-refractivity contribution in [2.45, 2.75) is 37.7 Å². The third-order valence-corrected chi connectivity index (χ3v) is 4.54. The number of hydrogen-bond donors (Lipinski definition) is 2. The Labute approximate surface area is 153 Å². The Kier molecular flexibility index (Phi) is 6.84. The lowest BCUT2D eigenvalue weighted by atomic mass is 9.84. The minimum absolute atomic E-state index is 0.0865. The first-order chi connectivity index (χ1) is 12.5. The maximum Gasteiger partial charge on any atom is 0.269 e. The molecule has 0 aliphatic rings. The van der Waals surface area contributed by atoms with Crippen molar-refractivity contribution in [3.63, 3.8) is 0 Å². The van der Waals surface area contributed by atoms with Gasteiger partial charge in [0.2, 0.25) is 0 Å². The van der Waals surface area contributed by atoms with Gasteiger partial charge in [-0.05, 0) is 61.9 Å². The van der Waals surface area contributed by atoms with E-state index in [2.05, 4.69) is 6.07 Å². The van der Waals surface area contributed by atoms with E-state index < -0.39 is 10.5 Å². The first kappa shape index (κ1) is 19.6. The van der Waals surface area contributed by atoms with E-state index in [0.717, 1.165) is 30.4 Å². The van der Waals surface area contributed by atoms with Crippen LogP contribution in [0, 0.1) is 21.4 Å². The number of nitriles is 1. The molecule has 2 aromatic rings. The molecule has 3 N–H and O–H groups in total.